The van der Waals surface area contributed by atoms with Crippen molar-refractivity contribution in [2.24, 2.45) is 0 Å². The van der Waals surface area contributed by atoms with Crippen LogP contribution in [0.1, 0.15) is 17.5 Å². The van der Waals surface area contributed by atoms with Gasteiger partial charge in [-0.15, -0.1) is 0 Å². The number of thiophene rings is 1. The Balaban J connectivity index is 1.83. The number of hydrogen-bond acceptors (Lipinski definition) is 3. The molecule has 0 radical (unpaired) electrons. The molecule has 3 heteroatoms. The predicted molar refractivity (Wildman–Crippen MR) is 72.2 cm³/mol. The normalized spacial score (nSPS) is 10.4. The van der Waals surface area contributed by atoms with Gasteiger partial charge in [0.2, 0.25) is 0 Å². The van der Waals surface area contributed by atoms with E-state index in [4.69, 9.17) is 5.73 Å². The molecule has 0 unspecified atom stereocenters. The lowest BCUT2D eigenvalue weighted by atomic mass is 10.0. The first kappa shape index (κ1) is 11.9. The highest BCUT2D eigenvalue weighted by Crippen LogP contribution is 2.11. The van der Waals surface area contributed by atoms with Gasteiger partial charge >= 0.3 is 0 Å². The number of hydrogen-bond donors (Lipinski definition) is 1. The van der Waals surface area contributed by atoms with Gasteiger partial charge in [-0.3, -0.25) is 4.79 Å². The molecule has 1 heterocycles. The molecule has 0 amide bonds. The second-order valence-corrected chi connectivity index (χ2v) is 4.87. The van der Waals surface area contributed by atoms with Gasteiger partial charge < -0.3 is 5.73 Å². The summed E-state index contributed by atoms with van der Waals surface area (Å²) in [4.78, 5) is 11.8. The molecule has 17 heavy (non-hydrogen) atoms. The van der Waals surface area contributed by atoms with Gasteiger partial charge in [0, 0.05) is 18.5 Å². The summed E-state index contributed by atoms with van der Waals surface area (Å²) in [6, 6.07) is 9.57. The summed E-state index contributed by atoms with van der Waals surface area (Å²) >= 11 is 1.67. The van der Waals surface area contributed by atoms with Crippen LogP contribution >= 0.6 is 11.3 Å². The van der Waals surface area contributed by atoms with E-state index in [1.807, 2.05) is 29.6 Å². The largest absolute Gasteiger partial charge is 0.399 e. The monoisotopic (exact) mass is 245 g/mol. The minimum absolute atomic E-state index is 0.279. The Kier molecular flexibility index (Phi) is 3.94. The summed E-state index contributed by atoms with van der Waals surface area (Å²) in [6.07, 6.45) is 1.96. The summed E-state index contributed by atoms with van der Waals surface area (Å²) in [5.41, 5.74) is 8.62. The van der Waals surface area contributed by atoms with E-state index in [2.05, 4.69) is 11.4 Å². The molecule has 0 aliphatic rings. The Hall–Kier alpha value is -1.61. The van der Waals surface area contributed by atoms with Crippen LogP contribution in [0, 0.1) is 0 Å². The van der Waals surface area contributed by atoms with Crippen LogP contribution in [0.3, 0.4) is 0 Å². The molecule has 2 aromatic rings. The van der Waals surface area contributed by atoms with Crippen molar-refractivity contribution in [3.05, 3.63) is 52.2 Å². The van der Waals surface area contributed by atoms with Gasteiger partial charge in [0.05, 0.1) is 0 Å². The highest BCUT2D eigenvalue weighted by Gasteiger charge is 2.04. The topological polar surface area (TPSA) is 43.1 Å². The van der Waals surface area contributed by atoms with E-state index in [-0.39, 0.29) is 5.78 Å². The van der Waals surface area contributed by atoms with Gasteiger partial charge in [-0.05, 0) is 46.5 Å². The number of carbonyl (C=O) groups excluding carboxylic acids is 1. The number of carbonyl (C=O) groups is 1. The number of anilines is 1. The Morgan fingerprint density at radius 2 is 1.88 bits per heavy atom. The molecule has 0 aliphatic carbocycles. The fraction of sp³-hybridized carbons (Fsp3) is 0.214. The zero-order valence-electron chi connectivity index (χ0n) is 9.56. The molecule has 0 aliphatic heterocycles. The van der Waals surface area contributed by atoms with E-state index in [0.29, 0.717) is 12.8 Å². The Bertz CT molecular complexity index is 473. The molecule has 2 rings (SSSR count). The summed E-state index contributed by atoms with van der Waals surface area (Å²) in [6.45, 7) is 0. The fourth-order valence-corrected chi connectivity index (χ4v) is 2.37. The summed E-state index contributed by atoms with van der Waals surface area (Å²) in [5.74, 6) is 0.279. The first-order valence-corrected chi connectivity index (χ1v) is 6.55. The zero-order chi connectivity index (χ0) is 12.1. The highest BCUT2D eigenvalue weighted by atomic mass is 32.1. The maximum absolute atomic E-state index is 11.8. The van der Waals surface area contributed by atoms with Gasteiger partial charge in [0.15, 0.2) is 0 Å². The lowest BCUT2D eigenvalue weighted by Gasteiger charge is -2.01. The Morgan fingerprint density at radius 3 is 2.53 bits per heavy atom. The SMILES string of the molecule is Nc1ccc(CC(=O)CCc2ccsc2)cc1. The van der Waals surface area contributed by atoms with Crippen LogP contribution in [0.5, 0.6) is 0 Å². The number of aryl methyl sites for hydroxylation is 1. The van der Waals surface area contributed by atoms with Crippen LogP contribution < -0.4 is 5.73 Å². The van der Waals surface area contributed by atoms with Gasteiger partial charge in [-0.1, -0.05) is 12.1 Å². The molecule has 88 valence electrons. The Labute approximate surface area is 105 Å². The molecular weight excluding hydrogens is 230 g/mol. The van der Waals surface area contributed by atoms with Crippen LogP contribution in [-0.4, -0.2) is 5.78 Å². The minimum Gasteiger partial charge on any atom is -0.399 e. The van der Waals surface area contributed by atoms with Gasteiger partial charge in [0.25, 0.3) is 0 Å². The van der Waals surface area contributed by atoms with E-state index in [9.17, 15) is 4.79 Å². The van der Waals surface area contributed by atoms with Crippen LogP contribution in [0.15, 0.2) is 41.1 Å². The van der Waals surface area contributed by atoms with Crippen LogP contribution in [-0.2, 0) is 17.6 Å². The fourth-order valence-electron chi connectivity index (χ4n) is 1.67. The van der Waals surface area contributed by atoms with Crippen molar-refractivity contribution in [2.75, 3.05) is 5.73 Å². The minimum atomic E-state index is 0.279. The summed E-state index contributed by atoms with van der Waals surface area (Å²) < 4.78 is 0. The average Bonchev–Trinajstić information content (AvgIpc) is 2.83. The number of ketones is 1. The number of rotatable bonds is 5. The summed E-state index contributed by atoms with van der Waals surface area (Å²) in [7, 11) is 0. The second-order valence-electron chi connectivity index (χ2n) is 4.09. The molecule has 0 spiro atoms. The number of Topliss-reactive ketones (excluding diaryl/α,β-unsaturated/α-hetero) is 1. The van der Waals surface area contributed by atoms with Crippen molar-refractivity contribution in [1.82, 2.24) is 0 Å². The first-order valence-electron chi connectivity index (χ1n) is 5.61. The van der Waals surface area contributed by atoms with Crippen molar-refractivity contribution in [2.45, 2.75) is 19.3 Å². The lowest BCUT2D eigenvalue weighted by Crippen LogP contribution is -2.04. The van der Waals surface area contributed by atoms with Crippen LogP contribution in [0.2, 0.25) is 0 Å². The quantitative estimate of drug-likeness (QED) is 0.823. The molecule has 2 nitrogen and oxygen atoms in total. The first-order chi connectivity index (χ1) is 8.24. The number of nitrogen functional groups attached to an aromatic ring is 1. The Morgan fingerprint density at radius 1 is 1.12 bits per heavy atom. The van der Waals surface area contributed by atoms with Crippen molar-refractivity contribution >= 4 is 22.8 Å². The van der Waals surface area contributed by atoms with Crippen molar-refractivity contribution in [1.29, 1.82) is 0 Å². The van der Waals surface area contributed by atoms with E-state index >= 15 is 0 Å². The molecule has 0 saturated carbocycles. The molecule has 0 atom stereocenters. The highest BCUT2D eigenvalue weighted by molar-refractivity contribution is 7.07. The number of benzene rings is 1. The molecule has 2 N–H and O–H groups in total. The average molecular weight is 245 g/mol. The standard InChI is InChI=1S/C14H15NOS/c15-13-4-1-11(2-5-13)9-14(16)6-3-12-7-8-17-10-12/h1-2,4-5,7-8,10H,3,6,9,15H2. The zero-order valence-corrected chi connectivity index (χ0v) is 10.4. The van der Waals surface area contributed by atoms with E-state index < -0.39 is 0 Å². The second kappa shape index (κ2) is 5.64. The third-order valence-corrected chi connectivity index (χ3v) is 3.39. The van der Waals surface area contributed by atoms with E-state index in [1.54, 1.807) is 11.3 Å². The molecule has 0 fully saturated rings. The van der Waals surface area contributed by atoms with Crippen molar-refractivity contribution in [3.8, 4) is 0 Å². The summed E-state index contributed by atoms with van der Waals surface area (Å²) in [5, 5.41) is 4.14. The maximum Gasteiger partial charge on any atom is 0.137 e. The molecule has 1 aromatic carbocycles. The van der Waals surface area contributed by atoms with E-state index in [0.717, 1.165) is 17.7 Å². The number of nitrogens with two attached hydrogens (primary N) is 1. The van der Waals surface area contributed by atoms with Crippen LogP contribution in [0.4, 0.5) is 5.69 Å². The lowest BCUT2D eigenvalue weighted by molar-refractivity contribution is -0.118. The maximum atomic E-state index is 11.8. The molecule has 0 bridgehead atoms. The predicted octanol–water partition coefficient (Wildman–Crippen LogP) is 3.07. The van der Waals surface area contributed by atoms with Gasteiger partial charge in [-0.25, -0.2) is 0 Å². The molecule has 0 saturated heterocycles. The molecular formula is C14H15NOS. The van der Waals surface area contributed by atoms with Crippen LogP contribution in [0.25, 0.3) is 0 Å². The van der Waals surface area contributed by atoms with Gasteiger partial charge in [0.1, 0.15) is 5.78 Å². The third-order valence-electron chi connectivity index (χ3n) is 2.65. The van der Waals surface area contributed by atoms with Crippen molar-refractivity contribution in [3.63, 3.8) is 0 Å². The third kappa shape index (κ3) is 3.71. The van der Waals surface area contributed by atoms with Crippen molar-refractivity contribution < 1.29 is 4.79 Å². The van der Waals surface area contributed by atoms with Gasteiger partial charge in [-0.2, -0.15) is 11.3 Å². The smallest absolute Gasteiger partial charge is 0.137 e. The molecule has 1 aromatic heterocycles. The van der Waals surface area contributed by atoms with E-state index in [1.165, 1.54) is 5.56 Å².